The molecule has 2 unspecified atom stereocenters. The number of rotatable bonds is 4. The first-order valence-corrected chi connectivity index (χ1v) is 8.29. The second kappa shape index (κ2) is 9.76. The zero-order valence-corrected chi connectivity index (χ0v) is 16.5. The number of pyridine rings is 1. The van der Waals surface area contributed by atoms with Gasteiger partial charge in [0, 0.05) is 18.0 Å². The lowest BCUT2D eigenvalue weighted by molar-refractivity contribution is -0.119. The first-order chi connectivity index (χ1) is 11.5. The van der Waals surface area contributed by atoms with Crippen molar-refractivity contribution in [3.63, 3.8) is 0 Å². The molecule has 2 aromatic rings. The van der Waals surface area contributed by atoms with Crippen LogP contribution in [0, 0.1) is 19.8 Å². The highest BCUT2D eigenvalue weighted by molar-refractivity contribution is 5.92. The Balaban J connectivity index is 0.00000169. The summed E-state index contributed by atoms with van der Waals surface area (Å²) in [4.78, 5) is 16.5. The Morgan fingerprint density at radius 2 is 1.96 bits per heavy atom. The second-order valence-electron chi connectivity index (χ2n) is 6.44. The maximum absolute atomic E-state index is 12.2. The van der Waals surface area contributed by atoms with E-state index in [1.165, 1.54) is 5.56 Å². The highest BCUT2D eigenvalue weighted by Gasteiger charge is 2.27. The summed E-state index contributed by atoms with van der Waals surface area (Å²) in [6, 6.07) is 9.63. The van der Waals surface area contributed by atoms with E-state index in [2.05, 4.69) is 10.3 Å². The molecule has 0 saturated heterocycles. The molecular weight excluding hydrogens is 373 g/mol. The predicted molar refractivity (Wildman–Crippen MR) is 109 cm³/mol. The van der Waals surface area contributed by atoms with Gasteiger partial charge in [-0.25, -0.2) is 4.98 Å². The zero-order valence-electron chi connectivity index (χ0n) is 14.9. The van der Waals surface area contributed by atoms with Crippen molar-refractivity contribution in [3.05, 3.63) is 47.7 Å². The number of aromatic nitrogens is 1. The minimum absolute atomic E-state index is 0. The van der Waals surface area contributed by atoms with Crippen molar-refractivity contribution >= 4 is 36.4 Å². The van der Waals surface area contributed by atoms with Gasteiger partial charge in [0.2, 0.25) is 11.8 Å². The monoisotopic (exact) mass is 397 g/mol. The number of nitrogens with two attached hydrogens (primary N) is 1. The summed E-state index contributed by atoms with van der Waals surface area (Å²) in [5, 5.41) is 2.90. The minimum atomic E-state index is 0. The molecule has 0 aliphatic heterocycles. The number of hydrogen-bond acceptors (Lipinski definition) is 4. The third-order valence-corrected chi connectivity index (χ3v) is 4.62. The molecular formula is C19H25Cl2N3O2. The summed E-state index contributed by atoms with van der Waals surface area (Å²) >= 11 is 0. The summed E-state index contributed by atoms with van der Waals surface area (Å²) in [7, 11) is 0. The SMILES string of the molecule is Cc1cccc(Oc2ccc(NC(=O)C3CCC(N)C3)cn2)c1C.Cl.Cl. The highest BCUT2D eigenvalue weighted by Crippen LogP contribution is 2.27. The topological polar surface area (TPSA) is 77.2 Å². The van der Waals surface area contributed by atoms with Gasteiger partial charge in [-0.2, -0.15) is 0 Å². The van der Waals surface area contributed by atoms with Gasteiger partial charge in [-0.3, -0.25) is 4.79 Å². The highest BCUT2D eigenvalue weighted by atomic mass is 35.5. The van der Waals surface area contributed by atoms with E-state index in [4.69, 9.17) is 10.5 Å². The molecule has 5 nitrogen and oxygen atoms in total. The van der Waals surface area contributed by atoms with E-state index in [-0.39, 0.29) is 42.7 Å². The molecule has 0 spiro atoms. The van der Waals surface area contributed by atoms with Gasteiger partial charge in [0.05, 0.1) is 11.9 Å². The molecule has 7 heteroatoms. The average Bonchev–Trinajstić information content (AvgIpc) is 3.00. The molecule has 1 aromatic heterocycles. The summed E-state index contributed by atoms with van der Waals surface area (Å²) in [6.07, 6.45) is 4.15. The van der Waals surface area contributed by atoms with Crippen LogP contribution in [0.25, 0.3) is 0 Å². The Labute approximate surface area is 166 Å². The Morgan fingerprint density at radius 3 is 2.58 bits per heavy atom. The van der Waals surface area contributed by atoms with Crippen LogP contribution in [0.4, 0.5) is 5.69 Å². The number of nitrogens with zero attached hydrogens (tertiary/aromatic N) is 1. The van der Waals surface area contributed by atoms with Crippen molar-refractivity contribution in [1.82, 2.24) is 4.98 Å². The van der Waals surface area contributed by atoms with Crippen LogP contribution in [0.3, 0.4) is 0 Å². The molecule has 3 rings (SSSR count). The van der Waals surface area contributed by atoms with Gasteiger partial charge in [0.15, 0.2) is 0 Å². The largest absolute Gasteiger partial charge is 0.439 e. The molecule has 1 amide bonds. The van der Waals surface area contributed by atoms with Gasteiger partial charge in [-0.15, -0.1) is 24.8 Å². The van der Waals surface area contributed by atoms with Crippen LogP contribution in [0.1, 0.15) is 30.4 Å². The van der Waals surface area contributed by atoms with Crippen molar-refractivity contribution in [2.24, 2.45) is 11.7 Å². The summed E-state index contributed by atoms with van der Waals surface area (Å²) < 4.78 is 5.82. The Morgan fingerprint density at radius 1 is 1.19 bits per heavy atom. The first kappa shape index (κ1) is 22.2. The molecule has 2 atom stereocenters. The van der Waals surface area contributed by atoms with Crippen molar-refractivity contribution in [2.75, 3.05) is 5.32 Å². The lowest BCUT2D eigenvalue weighted by atomic mass is 10.1. The molecule has 0 radical (unpaired) electrons. The molecule has 142 valence electrons. The smallest absolute Gasteiger partial charge is 0.227 e. The van der Waals surface area contributed by atoms with E-state index >= 15 is 0 Å². The maximum Gasteiger partial charge on any atom is 0.227 e. The van der Waals surface area contributed by atoms with Crippen LogP contribution >= 0.6 is 24.8 Å². The number of aryl methyl sites for hydroxylation is 1. The number of ether oxygens (including phenoxy) is 1. The molecule has 1 saturated carbocycles. The molecule has 1 aromatic carbocycles. The van der Waals surface area contributed by atoms with E-state index in [9.17, 15) is 4.79 Å². The van der Waals surface area contributed by atoms with E-state index < -0.39 is 0 Å². The number of carbonyl (C=O) groups excluding carboxylic acids is 1. The summed E-state index contributed by atoms with van der Waals surface area (Å²) in [5.41, 5.74) is 8.80. The Bertz CT molecular complexity index is 738. The van der Waals surface area contributed by atoms with Gasteiger partial charge in [0.25, 0.3) is 0 Å². The molecule has 1 aliphatic carbocycles. The molecule has 0 bridgehead atoms. The van der Waals surface area contributed by atoms with E-state index in [0.29, 0.717) is 11.6 Å². The van der Waals surface area contributed by atoms with Crippen LogP contribution in [0.15, 0.2) is 36.5 Å². The fourth-order valence-corrected chi connectivity index (χ4v) is 2.96. The normalized spacial score (nSPS) is 18.4. The van der Waals surface area contributed by atoms with Crippen molar-refractivity contribution in [3.8, 4) is 11.6 Å². The number of carbonyl (C=O) groups is 1. The van der Waals surface area contributed by atoms with Crippen LogP contribution < -0.4 is 15.8 Å². The second-order valence-corrected chi connectivity index (χ2v) is 6.44. The lowest BCUT2D eigenvalue weighted by Gasteiger charge is -2.12. The maximum atomic E-state index is 12.2. The zero-order chi connectivity index (χ0) is 17.1. The predicted octanol–water partition coefficient (Wildman–Crippen LogP) is 4.40. The number of halogens is 2. The Kier molecular flexibility index (Phi) is 8.34. The van der Waals surface area contributed by atoms with Crippen LogP contribution in [-0.4, -0.2) is 16.9 Å². The first-order valence-electron chi connectivity index (χ1n) is 8.29. The minimum Gasteiger partial charge on any atom is -0.439 e. The molecule has 1 aliphatic rings. The van der Waals surface area contributed by atoms with E-state index in [0.717, 1.165) is 30.6 Å². The standard InChI is InChI=1S/C19H23N3O2.2ClH/c1-12-4-3-5-17(13(12)2)24-18-9-8-16(11-21-18)22-19(23)14-6-7-15(20)10-14;;/h3-5,8-9,11,14-15H,6-7,10,20H2,1-2H3,(H,22,23);2*1H. The van der Waals surface area contributed by atoms with Crippen LogP contribution in [0.2, 0.25) is 0 Å². The summed E-state index contributed by atoms with van der Waals surface area (Å²) in [5.74, 6) is 1.32. The van der Waals surface area contributed by atoms with Crippen LogP contribution in [0.5, 0.6) is 11.6 Å². The number of nitrogens with one attached hydrogen (secondary N) is 1. The third kappa shape index (κ3) is 5.34. The molecule has 3 N–H and O–H groups in total. The van der Waals surface area contributed by atoms with Crippen molar-refractivity contribution in [2.45, 2.75) is 39.2 Å². The van der Waals surface area contributed by atoms with Crippen LogP contribution in [-0.2, 0) is 4.79 Å². The molecule has 1 heterocycles. The van der Waals surface area contributed by atoms with Gasteiger partial charge in [-0.05, 0) is 56.4 Å². The van der Waals surface area contributed by atoms with Crippen molar-refractivity contribution in [1.29, 1.82) is 0 Å². The molecule has 26 heavy (non-hydrogen) atoms. The third-order valence-electron chi connectivity index (χ3n) is 4.62. The fraction of sp³-hybridized carbons (Fsp3) is 0.368. The number of hydrogen-bond donors (Lipinski definition) is 2. The summed E-state index contributed by atoms with van der Waals surface area (Å²) in [6.45, 7) is 4.06. The number of anilines is 1. The average molecular weight is 398 g/mol. The number of amides is 1. The van der Waals surface area contributed by atoms with Gasteiger partial charge in [-0.1, -0.05) is 12.1 Å². The fourth-order valence-electron chi connectivity index (χ4n) is 2.96. The van der Waals surface area contributed by atoms with Gasteiger partial charge in [0.1, 0.15) is 5.75 Å². The quantitative estimate of drug-likeness (QED) is 0.800. The van der Waals surface area contributed by atoms with Gasteiger partial charge >= 0.3 is 0 Å². The lowest BCUT2D eigenvalue weighted by Crippen LogP contribution is -2.23. The van der Waals surface area contributed by atoms with E-state index in [1.807, 2.05) is 32.0 Å². The number of benzene rings is 1. The molecule has 1 fully saturated rings. The van der Waals surface area contributed by atoms with E-state index in [1.54, 1.807) is 18.3 Å². The van der Waals surface area contributed by atoms with Crippen molar-refractivity contribution < 1.29 is 9.53 Å². The van der Waals surface area contributed by atoms with Gasteiger partial charge < -0.3 is 15.8 Å². The Hall–Kier alpha value is -1.82.